The Balaban J connectivity index is 4.04. The monoisotopic (exact) mass is 798 g/mol. The number of carbonyl (C=O) groups excluding carboxylic acids is 1. The molecule has 56 heavy (non-hydrogen) atoms. The second-order valence-corrected chi connectivity index (χ2v) is 16.4. The summed E-state index contributed by atoms with van der Waals surface area (Å²) in [7, 11) is -4.37. The maximum absolute atomic E-state index is 12.5. The van der Waals surface area contributed by atoms with Crippen molar-refractivity contribution in [3.8, 4) is 0 Å². The molecule has 0 aromatic carbocycles. The highest BCUT2D eigenvalue weighted by atomic mass is 32.2. The first kappa shape index (κ1) is 53.3. The van der Waals surface area contributed by atoms with Crippen molar-refractivity contribution in [1.29, 1.82) is 0 Å². The number of unbranched alkanes of at least 4 members (excludes halogenated alkanes) is 17. The van der Waals surface area contributed by atoms with E-state index in [0.29, 0.717) is 6.42 Å². The molecule has 2 atom stereocenters. The standard InChI is InChI=1S/C49H83NO5S/c1-3-5-7-9-11-13-15-17-19-21-23-24-25-26-27-29-31-33-35-37-39-41-43-45-49(52)50-47(46-56(53,54)55)48(51)44-42-40-38-36-34-32-30-28-22-20-18-16-14-12-10-8-6-4-2/h5,7,11,13,17,19,23-24,26-27,31,33,37,39,42,44,47-48,51H,3-4,6,8-10,12,14-16,18,20-22,25,28-30,32,34-36,38,40-41,43,45-46H2,1-2H3,(H,50,52)(H,53,54,55)/b7-5-,13-11-,19-17-,24-23-,27-26-,33-31-,39-37-,44-42+. The van der Waals surface area contributed by atoms with Crippen molar-refractivity contribution in [2.75, 3.05) is 5.75 Å². The van der Waals surface area contributed by atoms with Crippen LogP contribution >= 0.6 is 0 Å². The lowest BCUT2D eigenvalue weighted by molar-refractivity contribution is -0.122. The van der Waals surface area contributed by atoms with Crippen LogP contribution in [0.15, 0.2) is 97.2 Å². The topological polar surface area (TPSA) is 104 Å². The van der Waals surface area contributed by atoms with E-state index in [9.17, 15) is 22.9 Å². The van der Waals surface area contributed by atoms with Gasteiger partial charge in [0.25, 0.3) is 10.1 Å². The van der Waals surface area contributed by atoms with Crippen molar-refractivity contribution >= 4 is 16.0 Å². The molecular formula is C49H83NO5S. The number of amides is 1. The van der Waals surface area contributed by atoms with E-state index in [1.54, 1.807) is 6.08 Å². The van der Waals surface area contributed by atoms with Gasteiger partial charge < -0.3 is 10.4 Å². The van der Waals surface area contributed by atoms with Crippen molar-refractivity contribution in [3.05, 3.63) is 97.2 Å². The fourth-order valence-corrected chi connectivity index (χ4v) is 6.94. The third-order valence-corrected chi connectivity index (χ3v) is 10.3. The Kier molecular flexibility index (Phi) is 39.8. The molecule has 0 rings (SSSR count). The summed E-state index contributed by atoms with van der Waals surface area (Å²) in [6.07, 6.45) is 62.6. The molecule has 0 saturated carbocycles. The summed E-state index contributed by atoms with van der Waals surface area (Å²) in [5.74, 6) is -1.07. The van der Waals surface area contributed by atoms with Crippen LogP contribution in [0.5, 0.6) is 0 Å². The molecule has 0 aromatic rings. The summed E-state index contributed by atoms with van der Waals surface area (Å²) >= 11 is 0. The van der Waals surface area contributed by atoms with E-state index in [1.165, 1.54) is 89.9 Å². The molecule has 0 radical (unpaired) electrons. The van der Waals surface area contributed by atoms with Gasteiger partial charge in [0.2, 0.25) is 5.91 Å². The van der Waals surface area contributed by atoms with Gasteiger partial charge in [0.05, 0.1) is 17.9 Å². The van der Waals surface area contributed by atoms with Gasteiger partial charge in [-0.05, 0) is 70.6 Å². The highest BCUT2D eigenvalue weighted by Crippen LogP contribution is 2.14. The number of hydrogen-bond acceptors (Lipinski definition) is 4. The van der Waals surface area contributed by atoms with Gasteiger partial charge in [-0.2, -0.15) is 8.42 Å². The molecule has 0 bridgehead atoms. The van der Waals surface area contributed by atoms with Crippen molar-refractivity contribution < 1.29 is 22.9 Å². The molecule has 7 heteroatoms. The minimum Gasteiger partial charge on any atom is -0.387 e. The first-order valence-electron chi connectivity index (χ1n) is 22.4. The molecule has 0 fully saturated rings. The predicted octanol–water partition coefficient (Wildman–Crippen LogP) is 13.7. The van der Waals surface area contributed by atoms with E-state index < -0.39 is 28.0 Å². The maximum atomic E-state index is 12.5. The fourth-order valence-electron chi connectivity index (χ4n) is 6.20. The van der Waals surface area contributed by atoms with Crippen LogP contribution in [-0.2, 0) is 14.9 Å². The van der Waals surface area contributed by atoms with Crippen LogP contribution in [0.1, 0.15) is 187 Å². The largest absolute Gasteiger partial charge is 0.387 e. The van der Waals surface area contributed by atoms with Crippen LogP contribution < -0.4 is 5.32 Å². The third kappa shape index (κ3) is 42.4. The zero-order valence-corrected chi connectivity index (χ0v) is 36.5. The Morgan fingerprint density at radius 2 is 0.857 bits per heavy atom. The molecule has 320 valence electrons. The van der Waals surface area contributed by atoms with Crippen LogP contribution in [0.2, 0.25) is 0 Å². The van der Waals surface area contributed by atoms with Gasteiger partial charge >= 0.3 is 0 Å². The van der Waals surface area contributed by atoms with Gasteiger partial charge in [0, 0.05) is 6.42 Å². The van der Waals surface area contributed by atoms with E-state index in [-0.39, 0.29) is 12.3 Å². The van der Waals surface area contributed by atoms with E-state index in [0.717, 1.165) is 70.6 Å². The molecule has 3 N–H and O–H groups in total. The van der Waals surface area contributed by atoms with Crippen LogP contribution in [0.25, 0.3) is 0 Å². The van der Waals surface area contributed by atoms with Gasteiger partial charge in [0.15, 0.2) is 0 Å². The van der Waals surface area contributed by atoms with Crippen molar-refractivity contribution in [1.82, 2.24) is 5.32 Å². The number of carbonyl (C=O) groups is 1. The van der Waals surface area contributed by atoms with Crippen molar-refractivity contribution in [2.24, 2.45) is 0 Å². The second-order valence-electron chi connectivity index (χ2n) is 14.9. The van der Waals surface area contributed by atoms with Crippen molar-refractivity contribution in [3.63, 3.8) is 0 Å². The summed E-state index contributed by atoms with van der Waals surface area (Å²) in [5.41, 5.74) is 0. The fraction of sp³-hybridized carbons (Fsp3) is 0.653. The highest BCUT2D eigenvalue weighted by molar-refractivity contribution is 7.85. The molecule has 0 spiro atoms. The van der Waals surface area contributed by atoms with Crippen LogP contribution in [0.4, 0.5) is 0 Å². The van der Waals surface area contributed by atoms with E-state index in [1.807, 2.05) is 12.2 Å². The SMILES string of the molecule is CC/C=C\C/C=C\C/C=C\C/C=C\C/C=C\C/C=C\C/C=C\CCCC(=O)NC(CS(=O)(=O)O)C(O)/C=C/CCCCCCCCCCCCCCCCCC. The molecule has 0 saturated heterocycles. The zero-order valence-electron chi connectivity index (χ0n) is 35.7. The van der Waals surface area contributed by atoms with Gasteiger partial charge in [-0.1, -0.05) is 207 Å². The average Bonchev–Trinajstić information content (AvgIpc) is 3.16. The smallest absolute Gasteiger partial charge is 0.267 e. The summed E-state index contributed by atoms with van der Waals surface area (Å²) in [6.45, 7) is 4.41. The summed E-state index contributed by atoms with van der Waals surface area (Å²) < 4.78 is 32.6. The highest BCUT2D eigenvalue weighted by Gasteiger charge is 2.24. The van der Waals surface area contributed by atoms with Gasteiger partial charge in [-0.25, -0.2) is 0 Å². The maximum Gasteiger partial charge on any atom is 0.267 e. The number of aliphatic hydroxyl groups is 1. The molecule has 0 aliphatic carbocycles. The van der Waals surface area contributed by atoms with Gasteiger partial charge in [0.1, 0.15) is 0 Å². The number of aliphatic hydroxyl groups excluding tert-OH is 1. The van der Waals surface area contributed by atoms with Crippen LogP contribution in [0, 0.1) is 0 Å². The second kappa shape index (κ2) is 41.9. The van der Waals surface area contributed by atoms with Crippen molar-refractivity contribution in [2.45, 2.75) is 199 Å². The third-order valence-electron chi connectivity index (χ3n) is 9.52. The van der Waals surface area contributed by atoms with Crippen LogP contribution in [0.3, 0.4) is 0 Å². The lowest BCUT2D eigenvalue weighted by Gasteiger charge is -2.21. The Hall–Kier alpha value is -2.74. The minimum absolute atomic E-state index is 0.210. The number of hydrogen-bond donors (Lipinski definition) is 3. The van der Waals surface area contributed by atoms with E-state index in [2.05, 4.69) is 98.2 Å². The quantitative estimate of drug-likeness (QED) is 0.0326. The number of rotatable bonds is 39. The average molecular weight is 798 g/mol. The Morgan fingerprint density at radius 3 is 1.25 bits per heavy atom. The van der Waals surface area contributed by atoms with Gasteiger partial charge in [-0.3, -0.25) is 9.35 Å². The lowest BCUT2D eigenvalue weighted by Crippen LogP contribution is -2.46. The van der Waals surface area contributed by atoms with Gasteiger partial charge in [-0.15, -0.1) is 0 Å². The molecule has 2 unspecified atom stereocenters. The molecule has 0 aliphatic heterocycles. The molecule has 0 heterocycles. The molecule has 0 aromatic heterocycles. The van der Waals surface area contributed by atoms with Crippen LogP contribution in [-0.4, -0.2) is 41.9 Å². The summed E-state index contributed by atoms with van der Waals surface area (Å²) in [5, 5.41) is 13.2. The Morgan fingerprint density at radius 1 is 0.500 bits per heavy atom. The first-order valence-corrected chi connectivity index (χ1v) is 24.0. The molecule has 0 aliphatic rings. The first-order chi connectivity index (χ1) is 27.3. The minimum atomic E-state index is -4.37. The summed E-state index contributed by atoms with van der Waals surface area (Å²) in [4.78, 5) is 12.5. The van der Waals surface area contributed by atoms with E-state index >= 15 is 0 Å². The Labute approximate surface area is 345 Å². The predicted molar refractivity (Wildman–Crippen MR) is 243 cm³/mol. The zero-order chi connectivity index (χ0) is 41.1. The lowest BCUT2D eigenvalue weighted by atomic mass is 10.0. The normalized spacial score (nSPS) is 14.1. The number of allylic oxidation sites excluding steroid dienone is 15. The molecule has 6 nitrogen and oxygen atoms in total. The molecular weight excluding hydrogens is 715 g/mol. The molecule has 1 amide bonds. The van der Waals surface area contributed by atoms with E-state index in [4.69, 9.17) is 0 Å². The summed E-state index contributed by atoms with van der Waals surface area (Å²) in [6, 6.07) is -1.09. The number of nitrogens with one attached hydrogen (secondary N) is 1. The Bertz CT molecular complexity index is 1240.